The van der Waals surface area contributed by atoms with Crippen LogP contribution in [-0.2, 0) is 9.59 Å². The number of rotatable bonds is 3. The van der Waals surface area contributed by atoms with Crippen LogP contribution >= 0.6 is 15.9 Å². The lowest BCUT2D eigenvalue weighted by Crippen LogP contribution is -2.27. The fourth-order valence-corrected chi connectivity index (χ4v) is 3.29. The van der Waals surface area contributed by atoms with Gasteiger partial charge in [-0.2, -0.15) is 0 Å². The normalized spacial score (nSPS) is 18.5. The van der Waals surface area contributed by atoms with Gasteiger partial charge in [0.15, 0.2) is 11.5 Å². The second-order valence-electron chi connectivity index (χ2n) is 5.82. The van der Waals surface area contributed by atoms with E-state index in [-0.39, 0.29) is 19.1 Å². The first-order chi connectivity index (χ1) is 12.1. The van der Waals surface area contributed by atoms with Gasteiger partial charge in [-0.3, -0.25) is 9.59 Å². The molecule has 1 atom stereocenters. The van der Waals surface area contributed by atoms with Crippen LogP contribution in [0.1, 0.15) is 6.42 Å². The molecule has 2 aliphatic rings. The van der Waals surface area contributed by atoms with Crippen molar-refractivity contribution in [3.8, 4) is 17.2 Å². The standard InChI is InChI=1S/C18H14BrNO5/c19-12-2-1-3-13(7-12)20-9-11(6-17(20)21)18(22)25-14-4-5-15-16(8-14)24-10-23-15/h1-5,7-8,11H,6,9-10H2. The predicted octanol–water partition coefficient (Wildman–Crippen LogP) is 3.14. The van der Waals surface area contributed by atoms with Crippen LogP contribution in [0.2, 0.25) is 0 Å². The van der Waals surface area contributed by atoms with Gasteiger partial charge in [-0.05, 0) is 30.3 Å². The minimum atomic E-state index is -0.503. The lowest BCUT2D eigenvalue weighted by atomic mass is 10.1. The van der Waals surface area contributed by atoms with Crippen LogP contribution < -0.4 is 19.1 Å². The van der Waals surface area contributed by atoms with E-state index in [1.165, 1.54) is 0 Å². The van der Waals surface area contributed by atoms with Crippen LogP contribution in [0.4, 0.5) is 5.69 Å². The third-order valence-corrected chi connectivity index (χ3v) is 4.63. The molecule has 0 saturated carbocycles. The first-order valence-corrected chi connectivity index (χ1v) is 8.57. The molecule has 6 nitrogen and oxygen atoms in total. The largest absolute Gasteiger partial charge is 0.454 e. The summed E-state index contributed by atoms with van der Waals surface area (Å²) in [4.78, 5) is 26.3. The van der Waals surface area contributed by atoms with E-state index in [9.17, 15) is 9.59 Å². The Bertz CT molecular complexity index is 853. The first-order valence-electron chi connectivity index (χ1n) is 7.77. The molecule has 2 heterocycles. The lowest BCUT2D eigenvalue weighted by molar-refractivity contribution is -0.139. The number of carbonyl (C=O) groups excluding carboxylic acids is 2. The maximum absolute atomic E-state index is 12.4. The number of amides is 1. The molecule has 7 heteroatoms. The van der Waals surface area contributed by atoms with E-state index in [1.807, 2.05) is 24.3 Å². The van der Waals surface area contributed by atoms with Gasteiger partial charge >= 0.3 is 5.97 Å². The van der Waals surface area contributed by atoms with Crippen LogP contribution in [0.15, 0.2) is 46.9 Å². The molecule has 0 spiro atoms. The second-order valence-corrected chi connectivity index (χ2v) is 6.74. The SMILES string of the molecule is O=C(Oc1ccc2c(c1)OCO2)C1CC(=O)N(c2cccc(Br)c2)C1. The molecule has 2 aromatic carbocycles. The van der Waals surface area contributed by atoms with Crippen molar-refractivity contribution < 1.29 is 23.8 Å². The summed E-state index contributed by atoms with van der Waals surface area (Å²) in [6.07, 6.45) is 0.135. The third-order valence-electron chi connectivity index (χ3n) is 4.14. The van der Waals surface area contributed by atoms with Gasteiger partial charge in [-0.25, -0.2) is 0 Å². The summed E-state index contributed by atoms with van der Waals surface area (Å²) in [5, 5.41) is 0. The molecule has 128 valence electrons. The van der Waals surface area contributed by atoms with Crippen LogP contribution in [0.5, 0.6) is 17.2 Å². The number of anilines is 1. The second kappa shape index (κ2) is 6.40. The van der Waals surface area contributed by atoms with E-state index >= 15 is 0 Å². The minimum Gasteiger partial charge on any atom is -0.454 e. The van der Waals surface area contributed by atoms with Crippen molar-refractivity contribution in [1.29, 1.82) is 0 Å². The number of hydrogen-bond acceptors (Lipinski definition) is 5. The minimum absolute atomic E-state index is 0.0919. The van der Waals surface area contributed by atoms with Crippen molar-refractivity contribution in [1.82, 2.24) is 0 Å². The smallest absolute Gasteiger partial charge is 0.316 e. The first kappa shape index (κ1) is 16.0. The highest BCUT2D eigenvalue weighted by molar-refractivity contribution is 9.10. The Kier molecular flexibility index (Phi) is 4.09. The highest BCUT2D eigenvalue weighted by Gasteiger charge is 2.36. The van der Waals surface area contributed by atoms with Gasteiger partial charge in [-0.1, -0.05) is 22.0 Å². The molecular weight excluding hydrogens is 390 g/mol. The van der Waals surface area contributed by atoms with Gasteiger partial charge < -0.3 is 19.1 Å². The molecule has 4 rings (SSSR count). The fourth-order valence-electron chi connectivity index (χ4n) is 2.90. The quantitative estimate of drug-likeness (QED) is 0.581. The molecule has 0 aliphatic carbocycles. The van der Waals surface area contributed by atoms with Crippen molar-refractivity contribution in [2.45, 2.75) is 6.42 Å². The van der Waals surface area contributed by atoms with Crippen molar-refractivity contribution >= 4 is 33.5 Å². The van der Waals surface area contributed by atoms with Crippen molar-refractivity contribution in [2.75, 3.05) is 18.2 Å². The summed E-state index contributed by atoms with van der Waals surface area (Å²) in [7, 11) is 0. The lowest BCUT2D eigenvalue weighted by Gasteiger charge is -2.16. The Balaban J connectivity index is 1.45. The molecule has 0 N–H and O–H groups in total. The van der Waals surface area contributed by atoms with Gasteiger partial charge in [0.1, 0.15) is 5.75 Å². The number of nitrogens with zero attached hydrogens (tertiary/aromatic N) is 1. The number of halogens is 1. The monoisotopic (exact) mass is 403 g/mol. The molecule has 1 saturated heterocycles. The van der Waals surface area contributed by atoms with Crippen LogP contribution in [0.25, 0.3) is 0 Å². The summed E-state index contributed by atoms with van der Waals surface area (Å²) < 4.78 is 16.8. The average molecular weight is 404 g/mol. The van der Waals surface area contributed by atoms with E-state index in [0.29, 0.717) is 23.8 Å². The molecule has 0 radical (unpaired) electrons. The third kappa shape index (κ3) is 3.19. The Morgan fingerprint density at radius 2 is 2.00 bits per heavy atom. The van der Waals surface area contributed by atoms with Crippen molar-refractivity contribution in [3.05, 3.63) is 46.9 Å². The molecule has 1 fully saturated rings. The highest BCUT2D eigenvalue weighted by Crippen LogP contribution is 2.35. The molecule has 2 aliphatic heterocycles. The van der Waals surface area contributed by atoms with Crippen LogP contribution in [0, 0.1) is 5.92 Å². The molecule has 1 amide bonds. The van der Waals surface area contributed by atoms with E-state index in [4.69, 9.17) is 14.2 Å². The van der Waals surface area contributed by atoms with Crippen LogP contribution in [0.3, 0.4) is 0 Å². The van der Waals surface area contributed by atoms with E-state index < -0.39 is 11.9 Å². The number of fused-ring (bicyclic) bond motifs is 1. The maximum Gasteiger partial charge on any atom is 0.316 e. The van der Waals surface area contributed by atoms with Gasteiger partial charge in [0.25, 0.3) is 0 Å². The van der Waals surface area contributed by atoms with Gasteiger partial charge in [0, 0.05) is 29.2 Å². The van der Waals surface area contributed by atoms with E-state index in [1.54, 1.807) is 23.1 Å². The summed E-state index contributed by atoms with van der Waals surface area (Å²) in [5.74, 6) is 0.523. The van der Waals surface area contributed by atoms with E-state index in [2.05, 4.69) is 15.9 Å². The van der Waals surface area contributed by atoms with E-state index in [0.717, 1.165) is 10.2 Å². The fraction of sp³-hybridized carbons (Fsp3) is 0.222. The molecule has 0 bridgehead atoms. The Morgan fingerprint density at radius 3 is 2.84 bits per heavy atom. The summed E-state index contributed by atoms with van der Waals surface area (Å²) in [6, 6.07) is 12.4. The zero-order valence-electron chi connectivity index (χ0n) is 13.1. The predicted molar refractivity (Wildman–Crippen MR) is 92.8 cm³/mol. The molecule has 2 aromatic rings. The zero-order chi connectivity index (χ0) is 17.4. The number of hydrogen-bond donors (Lipinski definition) is 0. The number of ether oxygens (including phenoxy) is 3. The molecule has 1 unspecified atom stereocenters. The molecule has 0 aromatic heterocycles. The number of carbonyl (C=O) groups is 2. The number of benzene rings is 2. The topological polar surface area (TPSA) is 65.1 Å². The van der Waals surface area contributed by atoms with Crippen molar-refractivity contribution in [3.63, 3.8) is 0 Å². The maximum atomic E-state index is 12.4. The van der Waals surface area contributed by atoms with Gasteiger partial charge in [0.05, 0.1) is 5.92 Å². The Morgan fingerprint density at radius 1 is 1.16 bits per heavy atom. The van der Waals surface area contributed by atoms with Gasteiger partial charge in [-0.15, -0.1) is 0 Å². The number of esters is 1. The summed E-state index contributed by atoms with van der Waals surface area (Å²) in [6.45, 7) is 0.462. The summed E-state index contributed by atoms with van der Waals surface area (Å²) >= 11 is 3.39. The average Bonchev–Trinajstić information content (AvgIpc) is 3.20. The highest BCUT2D eigenvalue weighted by atomic mass is 79.9. The van der Waals surface area contributed by atoms with Crippen LogP contribution in [-0.4, -0.2) is 25.2 Å². The van der Waals surface area contributed by atoms with Gasteiger partial charge in [0.2, 0.25) is 12.7 Å². The Labute approximate surface area is 152 Å². The Hall–Kier alpha value is -2.54. The summed E-state index contributed by atoms with van der Waals surface area (Å²) in [5.41, 5.74) is 0.762. The molecule has 25 heavy (non-hydrogen) atoms. The molecular formula is C18H14BrNO5. The zero-order valence-corrected chi connectivity index (χ0v) is 14.7. The van der Waals surface area contributed by atoms with Crippen molar-refractivity contribution in [2.24, 2.45) is 5.92 Å².